The summed E-state index contributed by atoms with van der Waals surface area (Å²) in [6, 6.07) is 0. The van der Waals surface area contributed by atoms with Gasteiger partial charge in [-0.05, 0) is 0 Å². The van der Waals surface area contributed by atoms with Crippen LogP contribution in [0.5, 0.6) is 0 Å². The van der Waals surface area contributed by atoms with E-state index in [1.165, 1.54) is 0 Å². The van der Waals surface area contributed by atoms with E-state index in [9.17, 15) is 0 Å². The van der Waals surface area contributed by atoms with Crippen molar-refractivity contribution in [1.29, 1.82) is 0 Å². The third-order valence-electron chi connectivity index (χ3n) is 0. The minimum Gasteiger partial charge on any atom is -1.00 e. The van der Waals surface area contributed by atoms with Crippen LogP contribution in [-0.4, -0.2) is 125 Å². The molecule has 0 radical (unpaired) electrons. The van der Waals surface area contributed by atoms with E-state index in [0.717, 1.165) is 0 Å². The normalized spacial score (nSPS) is 0. The average molecular weight is 340 g/mol. The zero-order valence-corrected chi connectivity index (χ0v) is 11.4. The van der Waals surface area contributed by atoms with Gasteiger partial charge in [0, 0.05) is 2.85 Å². The molecule has 0 bridgehead atoms. The van der Waals surface area contributed by atoms with Crippen LogP contribution in [0.2, 0.25) is 0 Å². The van der Waals surface area contributed by atoms with Crippen molar-refractivity contribution in [3.63, 3.8) is 0 Å². The molecule has 0 rings (SSSR count). The van der Waals surface area contributed by atoms with E-state index in [1.54, 1.807) is 0 Å². The van der Waals surface area contributed by atoms with Crippen molar-refractivity contribution >= 4 is 92.2 Å². The predicted octanol–water partition coefficient (Wildman–Crippen LogP) is 0.855. The van der Waals surface area contributed by atoms with Crippen LogP contribution in [0.25, 0.3) is 0 Å². The molecule has 0 spiro atoms. The fraction of sp³-hybridized carbons (Fsp3) is 1.00. The fourth-order valence-corrected chi connectivity index (χ4v) is 0. The molecule has 0 fully saturated rings. The molecule has 10 heteroatoms. The molecule has 0 amide bonds. The van der Waals surface area contributed by atoms with Crippen LogP contribution in [-0.2, 0) is 0 Å². The summed E-state index contributed by atoms with van der Waals surface area (Å²) >= 11 is 0. The number of rotatable bonds is 0. The van der Waals surface area contributed by atoms with E-state index in [4.69, 9.17) is 0 Å². The van der Waals surface area contributed by atoms with Gasteiger partial charge in [-0.25, -0.2) is 0 Å². The van der Waals surface area contributed by atoms with Crippen LogP contribution >= 0.6 is 0 Å². The summed E-state index contributed by atoms with van der Waals surface area (Å²) in [5, 5.41) is 0. The predicted molar refractivity (Wildman–Crippen MR) is 104 cm³/mol. The maximum atomic E-state index is 0. The van der Waals surface area contributed by atoms with Gasteiger partial charge in [-0.3, -0.25) is 0 Å². The molecule has 0 aromatic heterocycles. The first-order valence-electron chi connectivity index (χ1n) is 0. The Hall–Kier alpha value is 2.82. The standard InChI is InChI=1S/8CH4.4Mg.6H2O.2H2.4H/h8*1H4;;;;;6*1H2;2*1H;;;;/q;;;;;;;;4*+2;;;;;;;;;4*-1/p-2. The summed E-state index contributed by atoms with van der Waals surface area (Å²) in [6.07, 6.45) is 0. The molecule has 0 aliphatic heterocycles. The topological polar surface area (TPSA) is 186 Å². The summed E-state index contributed by atoms with van der Waals surface area (Å²) in [6.45, 7) is 0. The molecule has 0 unspecified atom stereocenters. The van der Waals surface area contributed by atoms with Crippen molar-refractivity contribution in [3.8, 4) is 0 Å². The zero-order valence-electron chi connectivity index (χ0n) is 9.72. The zero-order chi connectivity index (χ0) is 0. The first kappa shape index (κ1) is 1030. The van der Waals surface area contributed by atoms with Gasteiger partial charge < -0.3 is 38.6 Å². The van der Waals surface area contributed by atoms with Crippen molar-refractivity contribution in [1.82, 2.24) is 0 Å². The SMILES string of the molecule is C.C.C.C.C.C.C.C.O.O.O.O.[H-].[H-].[H-].[H-].[HH].[HH].[Mg+2].[Mg+2].[Mg+2].[Mg+2].[OH-].[OH-]. The van der Waals surface area contributed by atoms with Gasteiger partial charge in [0.25, 0.3) is 0 Å². The Kier molecular flexibility index (Phi) is 50200. The van der Waals surface area contributed by atoms with E-state index in [0.29, 0.717) is 0 Å². The molecule has 124 valence electrons. The number of hydrogen-bond donors (Lipinski definition) is 0. The molecule has 0 aromatic carbocycles. The smallest absolute Gasteiger partial charge is 1.00 e. The van der Waals surface area contributed by atoms with Crippen LogP contribution < -0.4 is 0 Å². The monoisotopic (exact) mass is 338 g/mol. The van der Waals surface area contributed by atoms with Gasteiger partial charge in [0.15, 0.2) is 0 Å². The number of hydrogen-bond acceptors (Lipinski definition) is 2. The fourth-order valence-electron chi connectivity index (χ4n) is 0. The minimum atomic E-state index is 0. The molecular weight excluding hydrogens is 289 g/mol. The van der Waals surface area contributed by atoms with Crippen molar-refractivity contribution in [2.75, 3.05) is 0 Å². The van der Waals surface area contributed by atoms with Crippen molar-refractivity contribution < 1.29 is 41.4 Å². The maximum Gasteiger partial charge on any atom is 2.00 e. The van der Waals surface area contributed by atoms with E-state index >= 15 is 0 Å². The average Bonchev–Trinajstić information content (AvgIpc) is 0. The maximum absolute atomic E-state index is 0. The molecule has 18 heavy (non-hydrogen) atoms. The van der Waals surface area contributed by atoms with Gasteiger partial charge in [-0.1, -0.05) is 59.4 Å². The Bertz CT molecular complexity index is 47.0. The third-order valence-corrected chi connectivity index (χ3v) is 0. The molecule has 0 aliphatic rings. The molecule has 0 aromatic rings. The quantitative estimate of drug-likeness (QED) is 0.592. The minimum absolute atomic E-state index is 0. The van der Waals surface area contributed by atoms with E-state index in [-0.39, 0.29) is 193 Å². The van der Waals surface area contributed by atoms with Gasteiger partial charge in [-0.15, -0.1) is 0 Å². The Balaban J connectivity index is 0. The largest absolute Gasteiger partial charge is 2.00 e. The molecule has 6 nitrogen and oxygen atoms in total. The van der Waals surface area contributed by atoms with Gasteiger partial charge >= 0.3 is 92.2 Å². The van der Waals surface area contributed by atoms with E-state index < -0.39 is 0 Å². The van der Waals surface area contributed by atoms with Crippen molar-refractivity contribution in [2.24, 2.45) is 0 Å². The first-order valence-corrected chi connectivity index (χ1v) is 0. The van der Waals surface area contributed by atoms with Gasteiger partial charge in [0.05, 0.1) is 0 Å². The second-order valence-electron chi connectivity index (χ2n) is 0. The van der Waals surface area contributed by atoms with Crippen LogP contribution in [0.4, 0.5) is 0 Å². The third kappa shape index (κ3) is 750. The van der Waals surface area contributed by atoms with E-state index in [1.807, 2.05) is 0 Å². The molecule has 0 aliphatic carbocycles. The van der Waals surface area contributed by atoms with Crippen molar-refractivity contribution in [2.45, 2.75) is 59.4 Å². The van der Waals surface area contributed by atoms with Gasteiger partial charge in [-0.2, -0.15) is 0 Å². The second-order valence-corrected chi connectivity index (χ2v) is 0. The summed E-state index contributed by atoms with van der Waals surface area (Å²) < 4.78 is 0. The van der Waals surface area contributed by atoms with Crippen LogP contribution in [0, 0.1) is 0 Å². The molecule has 0 saturated carbocycles. The van der Waals surface area contributed by atoms with Gasteiger partial charge in [0.2, 0.25) is 0 Å². The molecular formula is C8H50Mg4O6+2. The summed E-state index contributed by atoms with van der Waals surface area (Å²) in [4.78, 5) is 0. The van der Waals surface area contributed by atoms with E-state index in [2.05, 4.69) is 0 Å². The second kappa shape index (κ2) is 880. The molecule has 0 atom stereocenters. The summed E-state index contributed by atoms with van der Waals surface area (Å²) in [5.74, 6) is 0. The van der Waals surface area contributed by atoms with Crippen LogP contribution in [0.15, 0.2) is 0 Å². The van der Waals surface area contributed by atoms with Crippen LogP contribution in [0.1, 0.15) is 68.0 Å². The molecule has 0 saturated heterocycles. The Morgan fingerprint density at radius 1 is 0.333 bits per heavy atom. The van der Waals surface area contributed by atoms with Gasteiger partial charge in [0.1, 0.15) is 0 Å². The molecule has 0 heterocycles. The Morgan fingerprint density at radius 3 is 0.333 bits per heavy atom. The summed E-state index contributed by atoms with van der Waals surface area (Å²) in [5.41, 5.74) is 0. The Morgan fingerprint density at radius 2 is 0.333 bits per heavy atom. The summed E-state index contributed by atoms with van der Waals surface area (Å²) in [7, 11) is 0. The van der Waals surface area contributed by atoms with Crippen LogP contribution in [0.3, 0.4) is 0 Å². The Labute approximate surface area is 191 Å². The first-order chi connectivity index (χ1) is 0. The van der Waals surface area contributed by atoms with Crippen molar-refractivity contribution in [3.05, 3.63) is 0 Å². The molecule has 10 N–H and O–H groups in total.